The molecule has 0 radical (unpaired) electrons. The average Bonchev–Trinajstić information content (AvgIpc) is 3.24. The summed E-state index contributed by atoms with van der Waals surface area (Å²) >= 11 is 0. The molecule has 0 aliphatic rings. The van der Waals surface area contributed by atoms with E-state index in [1.807, 2.05) is 21.1 Å². The first-order chi connectivity index (χ1) is 30.5. The fraction of sp³-hybridized carbons (Fsp3) is 0.907. The van der Waals surface area contributed by atoms with Crippen LogP contribution in [-0.4, -0.2) is 68.5 Å². The number of hydrogen-bond acceptors (Lipinski definition) is 6. The van der Waals surface area contributed by atoms with Crippen LogP contribution >= 0.6 is 7.82 Å². The van der Waals surface area contributed by atoms with E-state index in [1.54, 1.807) is 0 Å². The Bertz CT molecular complexity index is 1080. The van der Waals surface area contributed by atoms with E-state index in [0.29, 0.717) is 23.9 Å². The highest BCUT2D eigenvalue weighted by molar-refractivity contribution is 7.45. The summed E-state index contributed by atoms with van der Waals surface area (Å²) in [7, 11) is 1.31. The van der Waals surface area contributed by atoms with E-state index in [1.165, 1.54) is 186 Å². The number of amides is 1. The third-order valence-electron chi connectivity index (χ3n) is 12.4. The molecule has 2 N–H and O–H groups in total. The molecule has 3 atom stereocenters. The summed E-state index contributed by atoms with van der Waals surface area (Å²) in [5, 5.41) is 13.7. The highest BCUT2D eigenvalue weighted by atomic mass is 31.2. The van der Waals surface area contributed by atoms with Crippen molar-refractivity contribution in [3.8, 4) is 0 Å². The van der Waals surface area contributed by atoms with Crippen LogP contribution in [0.3, 0.4) is 0 Å². The minimum atomic E-state index is -4.54. The molecule has 374 valence electrons. The lowest BCUT2D eigenvalue weighted by molar-refractivity contribution is -0.870. The van der Waals surface area contributed by atoms with Crippen molar-refractivity contribution >= 4 is 13.7 Å². The number of aliphatic hydroxyl groups is 1. The van der Waals surface area contributed by atoms with Crippen molar-refractivity contribution in [2.24, 2.45) is 0 Å². The molecule has 0 heterocycles. The normalized spacial score (nSPS) is 14.2. The van der Waals surface area contributed by atoms with Gasteiger partial charge in [0.25, 0.3) is 7.82 Å². The molecule has 0 rings (SSSR count). The molecule has 0 aromatic carbocycles. The van der Waals surface area contributed by atoms with Crippen molar-refractivity contribution in [2.75, 3.05) is 40.9 Å². The van der Waals surface area contributed by atoms with E-state index in [-0.39, 0.29) is 19.1 Å². The molecule has 0 fully saturated rings. The second kappa shape index (κ2) is 46.1. The van der Waals surface area contributed by atoms with Crippen molar-refractivity contribution in [3.63, 3.8) is 0 Å². The number of unbranched alkanes of at least 4 members (excludes halogenated alkanes) is 33. The lowest BCUT2D eigenvalue weighted by Gasteiger charge is -2.30. The molecule has 63 heavy (non-hydrogen) atoms. The molecular weight excluding hydrogens is 804 g/mol. The highest BCUT2D eigenvalue weighted by Gasteiger charge is 2.24. The Morgan fingerprint density at radius 2 is 0.921 bits per heavy atom. The van der Waals surface area contributed by atoms with Crippen LogP contribution in [0.2, 0.25) is 0 Å². The zero-order chi connectivity index (χ0) is 46.4. The number of carbonyl (C=O) groups excluding carboxylic acids is 1. The third-order valence-corrected chi connectivity index (χ3v) is 13.4. The van der Waals surface area contributed by atoms with Gasteiger partial charge in [-0.15, -0.1) is 0 Å². The Hall–Kier alpha value is -1.02. The molecule has 9 heteroatoms. The highest BCUT2D eigenvalue weighted by Crippen LogP contribution is 2.38. The molecule has 0 aliphatic heterocycles. The number of likely N-dealkylation sites (N-methyl/N-ethyl adjacent to an activating group) is 1. The molecule has 3 unspecified atom stereocenters. The maximum absolute atomic E-state index is 12.8. The summed E-state index contributed by atoms with van der Waals surface area (Å²) in [5.41, 5.74) is 0. The van der Waals surface area contributed by atoms with Crippen molar-refractivity contribution in [2.45, 2.75) is 276 Å². The van der Waals surface area contributed by atoms with Gasteiger partial charge in [-0.05, 0) is 44.9 Å². The summed E-state index contributed by atoms with van der Waals surface area (Å²) in [5.74, 6) is -0.170. The van der Waals surface area contributed by atoms with Gasteiger partial charge in [0.1, 0.15) is 13.2 Å². The molecule has 0 spiro atoms. The Morgan fingerprint density at radius 1 is 0.556 bits per heavy atom. The fourth-order valence-electron chi connectivity index (χ4n) is 8.13. The number of quaternary nitrogens is 1. The van der Waals surface area contributed by atoms with E-state index in [0.717, 1.165) is 51.4 Å². The van der Waals surface area contributed by atoms with Crippen LogP contribution in [-0.2, 0) is 18.4 Å². The van der Waals surface area contributed by atoms with Gasteiger partial charge in [-0.3, -0.25) is 9.36 Å². The predicted octanol–water partition coefficient (Wildman–Crippen LogP) is 15.4. The number of carbonyl (C=O) groups is 1. The molecule has 0 aromatic rings. The van der Waals surface area contributed by atoms with Crippen molar-refractivity contribution in [3.05, 3.63) is 24.3 Å². The van der Waals surface area contributed by atoms with Crippen molar-refractivity contribution in [1.82, 2.24) is 5.32 Å². The standard InChI is InChI=1S/C54H107N2O6P/c1-6-8-10-12-13-14-15-16-17-18-19-20-21-22-23-24-25-26-27-28-29-30-31-32-33-34-35-36-37-38-39-40-41-42-43-44-46-48-54(58)55-52(53(57)47-45-11-9-7-2)51-62-63(59,60)61-50-49-56(3,4)5/h15-16,18-19,52-53,57H,6-14,17,20-51H2,1-5H3,(H-,55,58,59,60)/b16-15-,19-18-. The number of hydrogen-bond donors (Lipinski definition) is 2. The third kappa shape index (κ3) is 48.7. The van der Waals surface area contributed by atoms with Gasteiger partial charge >= 0.3 is 0 Å². The molecule has 0 saturated carbocycles. The van der Waals surface area contributed by atoms with Crippen LogP contribution in [0.4, 0.5) is 0 Å². The van der Waals surface area contributed by atoms with Crippen LogP contribution in [0, 0.1) is 0 Å². The van der Waals surface area contributed by atoms with Gasteiger partial charge < -0.3 is 28.8 Å². The SMILES string of the molecule is CCCCCCC/C=C\C/C=C\CCCCCCCCCCCCCCCCCCCCCCCCCCCC(=O)NC(COP(=O)([O-])OCC[N+](C)(C)C)C(O)CCCCCC. The number of aliphatic hydroxyl groups excluding tert-OH is 1. The Kier molecular flexibility index (Phi) is 45.4. The first-order valence-corrected chi connectivity index (χ1v) is 28.6. The molecule has 0 saturated heterocycles. The lowest BCUT2D eigenvalue weighted by Crippen LogP contribution is -2.46. The number of phosphoric ester groups is 1. The van der Waals surface area contributed by atoms with Crippen LogP contribution in [0.25, 0.3) is 0 Å². The smallest absolute Gasteiger partial charge is 0.268 e. The van der Waals surface area contributed by atoms with E-state index in [9.17, 15) is 19.4 Å². The summed E-state index contributed by atoms with van der Waals surface area (Å²) < 4.78 is 23.1. The monoisotopic (exact) mass is 911 g/mol. The van der Waals surface area contributed by atoms with Gasteiger partial charge in [0.2, 0.25) is 5.91 Å². The number of rotatable bonds is 50. The summed E-state index contributed by atoms with van der Waals surface area (Å²) in [6.07, 6.45) is 57.4. The molecule has 0 aliphatic carbocycles. The van der Waals surface area contributed by atoms with Crippen LogP contribution in [0.15, 0.2) is 24.3 Å². The van der Waals surface area contributed by atoms with Gasteiger partial charge in [-0.1, -0.05) is 237 Å². The van der Waals surface area contributed by atoms with Gasteiger partial charge in [0, 0.05) is 6.42 Å². The number of phosphoric acid groups is 1. The Labute approximate surface area is 392 Å². The van der Waals surface area contributed by atoms with E-state index >= 15 is 0 Å². The lowest BCUT2D eigenvalue weighted by atomic mass is 10.0. The fourth-order valence-corrected chi connectivity index (χ4v) is 8.85. The molecule has 1 amide bonds. The van der Waals surface area contributed by atoms with Gasteiger partial charge in [-0.2, -0.15) is 0 Å². The van der Waals surface area contributed by atoms with E-state index in [2.05, 4.69) is 43.5 Å². The van der Waals surface area contributed by atoms with Gasteiger partial charge in [0.05, 0.1) is 39.9 Å². The van der Waals surface area contributed by atoms with Crippen LogP contribution < -0.4 is 10.2 Å². The van der Waals surface area contributed by atoms with Crippen molar-refractivity contribution in [1.29, 1.82) is 0 Å². The first kappa shape index (κ1) is 62.0. The van der Waals surface area contributed by atoms with Gasteiger partial charge in [0.15, 0.2) is 0 Å². The zero-order valence-corrected chi connectivity index (χ0v) is 43.4. The molecule has 0 aromatic heterocycles. The Morgan fingerprint density at radius 3 is 1.32 bits per heavy atom. The molecular formula is C54H107N2O6P. The zero-order valence-electron chi connectivity index (χ0n) is 42.5. The largest absolute Gasteiger partial charge is 0.756 e. The van der Waals surface area contributed by atoms with E-state index < -0.39 is 20.0 Å². The number of nitrogens with one attached hydrogen (secondary N) is 1. The number of nitrogens with zero attached hydrogens (tertiary/aromatic N) is 1. The minimum Gasteiger partial charge on any atom is -0.756 e. The maximum atomic E-state index is 12.8. The van der Waals surface area contributed by atoms with Crippen LogP contribution in [0.5, 0.6) is 0 Å². The second-order valence-corrected chi connectivity index (χ2v) is 21.4. The average molecular weight is 911 g/mol. The van der Waals surface area contributed by atoms with Gasteiger partial charge in [-0.25, -0.2) is 0 Å². The predicted molar refractivity (Wildman–Crippen MR) is 270 cm³/mol. The quantitative estimate of drug-likeness (QED) is 0.0272. The maximum Gasteiger partial charge on any atom is 0.268 e. The van der Waals surface area contributed by atoms with Crippen LogP contribution in [0.1, 0.15) is 264 Å². The summed E-state index contributed by atoms with van der Waals surface area (Å²) in [4.78, 5) is 25.1. The first-order valence-electron chi connectivity index (χ1n) is 27.2. The summed E-state index contributed by atoms with van der Waals surface area (Å²) in [6, 6.07) is -0.792. The molecule has 8 nitrogen and oxygen atoms in total. The van der Waals surface area contributed by atoms with E-state index in [4.69, 9.17) is 9.05 Å². The minimum absolute atomic E-state index is 0.0131. The topological polar surface area (TPSA) is 108 Å². The Balaban J connectivity index is 3.65. The summed E-state index contributed by atoms with van der Waals surface area (Å²) in [6.45, 7) is 4.60. The second-order valence-electron chi connectivity index (χ2n) is 19.9. The van der Waals surface area contributed by atoms with Crippen molar-refractivity contribution < 1.29 is 32.9 Å². The molecule has 0 bridgehead atoms. The number of allylic oxidation sites excluding steroid dienone is 4.